The molecule has 0 fully saturated rings. The van der Waals surface area contributed by atoms with Gasteiger partial charge >= 0.3 is 6.61 Å². The Balaban J connectivity index is 2.12. The van der Waals surface area contributed by atoms with Crippen LogP contribution in [0.2, 0.25) is 0 Å². The van der Waals surface area contributed by atoms with Gasteiger partial charge in [-0.25, -0.2) is 0 Å². The maximum Gasteiger partial charge on any atom is 0.387 e. The third kappa shape index (κ3) is 3.36. The van der Waals surface area contributed by atoms with E-state index in [4.69, 9.17) is 11.0 Å². The molecule has 0 unspecified atom stereocenters. The number of nitrogens with two attached hydrogens (primary N) is 1. The molecule has 4 nitrogen and oxygen atoms in total. The summed E-state index contributed by atoms with van der Waals surface area (Å²) in [5.41, 5.74) is 7.75. The Hall–Kier alpha value is -2.81. The molecule has 2 rings (SSSR count). The molecule has 0 atom stereocenters. The molecule has 6 heteroatoms. The van der Waals surface area contributed by atoms with Crippen LogP contribution in [0.5, 0.6) is 5.75 Å². The molecule has 0 aliphatic rings. The Morgan fingerprint density at radius 1 is 1.10 bits per heavy atom. The van der Waals surface area contributed by atoms with Crippen LogP contribution < -0.4 is 15.8 Å². The van der Waals surface area contributed by atoms with E-state index in [9.17, 15) is 8.78 Å². The molecule has 0 saturated heterocycles. The van der Waals surface area contributed by atoms with E-state index < -0.39 is 6.61 Å². The first kappa shape index (κ1) is 13.6. The summed E-state index contributed by atoms with van der Waals surface area (Å²) in [5.74, 6) is 0.0839. The normalized spacial score (nSPS) is 10.1. The molecular formula is C14H11F2N3O. The van der Waals surface area contributed by atoms with E-state index in [0.717, 1.165) is 0 Å². The molecule has 0 aliphatic heterocycles. The van der Waals surface area contributed by atoms with Crippen molar-refractivity contribution in [3.63, 3.8) is 0 Å². The van der Waals surface area contributed by atoms with Gasteiger partial charge in [-0.15, -0.1) is 0 Å². The minimum atomic E-state index is -2.84. The van der Waals surface area contributed by atoms with Crippen molar-refractivity contribution in [1.29, 1.82) is 5.26 Å². The van der Waals surface area contributed by atoms with Gasteiger partial charge in [0.2, 0.25) is 0 Å². The quantitative estimate of drug-likeness (QED) is 0.838. The smallest absolute Gasteiger partial charge is 0.387 e. The predicted octanol–water partition coefficient (Wildman–Crippen LogP) is 3.49. The van der Waals surface area contributed by atoms with Crippen molar-refractivity contribution in [1.82, 2.24) is 0 Å². The Morgan fingerprint density at radius 3 is 2.35 bits per heavy atom. The lowest BCUT2D eigenvalue weighted by molar-refractivity contribution is -0.0498. The standard InChI is InChI=1S/C14H11F2N3O/c15-14(16)20-12-4-1-10(2-5-12)19-11-3-6-13(18)9(7-11)8-17/h1-7,14,19H,18H2. The second-order valence-corrected chi connectivity index (χ2v) is 3.94. The summed E-state index contributed by atoms with van der Waals surface area (Å²) in [4.78, 5) is 0. The number of nitrogens with one attached hydrogen (secondary N) is 1. The zero-order chi connectivity index (χ0) is 14.5. The van der Waals surface area contributed by atoms with Crippen LogP contribution in [0.15, 0.2) is 42.5 Å². The van der Waals surface area contributed by atoms with Crippen LogP contribution >= 0.6 is 0 Å². The lowest BCUT2D eigenvalue weighted by Gasteiger charge is -2.09. The largest absolute Gasteiger partial charge is 0.435 e. The molecular weight excluding hydrogens is 264 g/mol. The minimum Gasteiger partial charge on any atom is -0.435 e. The van der Waals surface area contributed by atoms with Crippen LogP contribution in [-0.2, 0) is 0 Å². The van der Waals surface area contributed by atoms with Gasteiger partial charge in [-0.2, -0.15) is 14.0 Å². The molecule has 0 heterocycles. The van der Waals surface area contributed by atoms with Gasteiger partial charge in [-0.3, -0.25) is 0 Å². The number of rotatable bonds is 4. The molecule has 0 spiro atoms. The van der Waals surface area contributed by atoms with Gasteiger partial charge in [0, 0.05) is 17.1 Å². The van der Waals surface area contributed by atoms with E-state index in [1.165, 1.54) is 12.1 Å². The summed E-state index contributed by atoms with van der Waals surface area (Å²) in [6, 6.07) is 13.0. The number of nitrogen functional groups attached to an aromatic ring is 1. The Morgan fingerprint density at radius 2 is 1.75 bits per heavy atom. The first-order chi connectivity index (χ1) is 9.58. The molecule has 0 aromatic heterocycles. The fourth-order valence-corrected chi connectivity index (χ4v) is 1.62. The van der Waals surface area contributed by atoms with Crippen LogP contribution in [0.1, 0.15) is 5.56 Å². The summed E-state index contributed by atoms with van der Waals surface area (Å²) >= 11 is 0. The average molecular weight is 275 g/mol. The number of halogens is 2. The van der Waals surface area contributed by atoms with Crippen molar-refractivity contribution in [2.24, 2.45) is 0 Å². The number of benzene rings is 2. The van der Waals surface area contributed by atoms with Crippen LogP contribution in [0.4, 0.5) is 25.8 Å². The van der Waals surface area contributed by atoms with Crippen LogP contribution in [0.3, 0.4) is 0 Å². The first-order valence-electron chi connectivity index (χ1n) is 5.70. The fraction of sp³-hybridized carbons (Fsp3) is 0.0714. The van der Waals surface area contributed by atoms with Crippen molar-refractivity contribution in [3.05, 3.63) is 48.0 Å². The molecule has 2 aromatic rings. The van der Waals surface area contributed by atoms with Crippen molar-refractivity contribution in [2.75, 3.05) is 11.1 Å². The summed E-state index contributed by atoms with van der Waals surface area (Å²) in [6.45, 7) is -2.84. The second kappa shape index (κ2) is 5.89. The molecule has 102 valence electrons. The average Bonchev–Trinajstić information content (AvgIpc) is 2.42. The SMILES string of the molecule is N#Cc1cc(Nc2ccc(OC(F)F)cc2)ccc1N. The molecule has 0 bridgehead atoms. The number of anilines is 3. The number of ether oxygens (including phenoxy) is 1. The summed E-state index contributed by atoms with van der Waals surface area (Å²) in [6.07, 6.45) is 0. The van der Waals surface area contributed by atoms with Crippen molar-refractivity contribution in [2.45, 2.75) is 6.61 Å². The predicted molar refractivity (Wildman–Crippen MR) is 71.9 cm³/mol. The number of hydrogen-bond donors (Lipinski definition) is 2. The highest BCUT2D eigenvalue weighted by molar-refractivity contribution is 5.67. The van der Waals surface area contributed by atoms with Gasteiger partial charge in [-0.05, 0) is 42.5 Å². The summed E-state index contributed by atoms with van der Waals surface area (Å²) in [5, 5.41) is 11.9. The molecule has 0 radical (unpaired) electrons. The van der Waals surface area contributed by atoms with E-state index in [1.807, 2.05) is 6.07 Å². The fourth-order valence-electron chi connectivity index (χ4n) is 1.62. The highest BCUT2D eigenvalue weighted by Crippen LogP contribution is 2.23. The Labute approximate surface area is 114 Å². The number of alkyl halides is 2. The highest BCUT2D eigenvalue weighted by Gasteiger charge is 2.04. The van der Waals surface area contributed by atoms with Gasteiger partial charge in [0.1, 0.15) is 11.8 Å². The van der Waals surface area contributed by atoms with E-state index in [0.29, 0.717) is 22.6 Å². The zero-order valence-electron chi connectivity index (χ0n) is 10.3. The van der Waals surface area contributed by atoms with E-state index >= 15 is 0 Å². The molecule has 0 amide bonds. The monoisotopic (exact) mass is 275 g/mol. The number of hydrogen-bond acceptors (Lipinski definition) is 4. The first-order valence-corrected chi connectivity index (χ1v) is 5.70. The lowest BCUT2D eigenvalue weighted by atomic mass is 10.1. The van der Waals surface area contributed by atoms with E-state index in [-0.39, 0.29) is 5.75 Å². The van der Waals surface area contributed by atoms with Gasteiger partial charge in [-0.1, -0.05) is 0 Å². The summed E-state index contributed by atoms with van der Waals surface area (Å²) in [7, 11) is 0. The maximum atomic E-state index is 12.0. The molecule has 0 aliphatic carbocycles. The number of nitriles is 1. The Kier molecular flexibility index (Phi) is 4.01. The molecule has 20 heavy (non-hydrogen) atoms. The van der Waals surface area contributed by atoms with Gasteiger partial charge in [0.05, 0.1) is 5.56 Å². The molecule has 0 saturated carbocycles. The van der Waals surface area contributed by atoms with Crippen molar-refractivity contribution >= 4 is 17.1 Å². The third-order valence-electron chi connectivity index (χ3n) is 2.54. The summed E-state index contributed by atoms with van der Waals surface area (Å²) < 4.78 is 28.3. The topological polar surface area (TPSA) is 71.1 Å². The van der Waals surface area contributed by atoms with E-state index in [2.05, 4.69) is 10.1 Å². The van der Waals surface area contributed by atoms with Crippen molar-refractivity contribution in [3.8, 4) is 11.8 Å². The minimum absolute atomic E-state index is 0.0839. The van der Waals surface area contributed by atoms with Gasteiger partial charge < -0.3 is 15.8 Å². The van der Waals surface area contributed by atoms with E-state index in [1.54, 1.807) is 30.3 Å². The zero-order valence-corrected chi connectivity index (χ0v) is 10.3. The third-order valence-corrected chi connectivity index (χ3v) is 2.54. The van der Waals surface area contributed by atoms with Gasteiger partial charge in [0.15, 0.2) is 0 Å². The van der Waals surface area contributed by atoms with Crippen LogP contribution in [-0.4, -0.2) is 6.61 Å². The lowest BCUT2D eigenvalue weighted by Crippen LogP contribution is -2.01. The number of nitrogens with zero attached hydrogens (tertiary/aromatic N) is 1. The van der Waals surface area contributed by atoms with Crippen LogP contribution in [0, 0.1) is 11.3 Å². The van der Waals surface area contributed by atoms with Crippen molar-refractivity contribution < 1.29 is 13.5 Å². The second-order valence-electron chi connectivity index (χ2n) is 3.94. The van der Waals surface area contributed by atoms with Gasteiger partial charge in [0.25, 0.3) is 0 Å². The Bertz CT molecular complexity index is 636. The molecule has 3 N–H and O–H groups in total. The maximum absolute atomic E-state index is 12.0. The highest BCUT2D eigenvalue weighted by atomic mass is 19.3. The molecule has 2 aromatic carbocycles. The van der Waals surface area contributed by atoms with Crippen LogP contribution in [0.25, 0.3) is 0 Å².